The van der Waals surface area contributed by atoms with Gasteiger partial charge in [0.1, 0.15) is 5.82 Å². The number of pyridine rings is 1. The quantitative estimate of drug-likeness (QED) is 0.479. The van der Waals surface area contributed by atoms with E-state index in [0.717, 1.165) is 61.9 Å². The number of nitrogens with one attached hydrogen (secondary N) is 2. The Hall–Kier alpha value is -2.34. The van der Waals surface area contributed by atoms with Crippen molar-refractivity contribution in [2.24, 2.45) is 10.9 Å². The third-order valence-corrected chi connectivity index (χ3v) is 4.44. The maximum absolute atomic E-state index is 5.45. The lowest BCUT2D eigenvalue weighted by Gasteiger charge is -2.24. The highest BCUT2D eigenvalue weighted by atomic mass is 16.5. The van der Waals surface area contributed by atoms with Gasteiger partial charge in [0.05, 0.1) is 12.1 Å². The van der Waals surface area contributed by atoms with Gasteiger partial charge in [-0.3, -0.25) is 4.99 Å². The van der Waals surface area contributed by atoms with Gasteiger partial charge in [0.25, 0.3) is 0 Å². The Balaban J connectivity index is 1.44. The van der Waals surface area contributed by atoms with Crippen LogP contribution in [0, 0.1) is 5.92 Å². The maximum Gasteiger partial charge on any atom is 0.193 e. The van der Waals surface area contributed by atoms with Crippen molar-refractivity contribution in [3.8, 4) is 0 Å². The molecule has 0 spiro atoms. The first-order chi connectivity index (χ1) is 12.3. The molecule has 2 N–H and O–H groups in total. The third kappa shape index (κ3) is 4.82. The van der Waals surface area contributed by atoms with Gasteiger partial charge in [-0.05, 0) is 24.6 Å². The number of rotatable bonds is 6. The highest BCUT2D eigenvalue weighted by molar-refractivity contribution is 5.80. The van der Waals surface area contributed by atoms with Crippen LogP contribution in [0.25, 0.3) is 10.9 Å². The van der Waals surface area contributed by atoms with Gasteiger partial charge in [-0.15, -0.1) is 0 Å². The molecular weight excluding hydrogens is 314 g/mol. The minimum absolute atomic E-state index is 0.600. The molecule has 1 aromatic carbocycles. The van der Waals surface area contributed by atoms with E-state index < -0.39 is 0 Å². The van der Waals surface area contributed by atoms with Crippen molar-refractivity contribution < 1.29 is 4.74 Å². The van der Waals surface area contributed by atoms with Gasteiger partial charge < -0.3 is 20.3 Å². The van der Waals surface area contributed by atoms with Crippen LogP contribution in [0.2, 0.25) is 0 Å². The van der Waals surface area contributed by atoms with Crippen LogP contribution in [0.1, 0.15) is 6.42 Å². The zero-order valence-corrected chi connectivity index (χ0v) is 15.0. The SMILES string of the molecule is CN=C(NCCNc1ccc2ccccc2n1)N(C)CC1CCOC1. The molecule has 3 rings (SSSR count). The maximum atomic E-state index is 5.45. The molecule has 1 aliphatic heterocycles. The summed E-state index contributed by atoms with van der Waals surface area (Å²) in [7, 11) is 3.90. The number of hydrogen-bond donors (Lipinski definition) is 2. The summed E-state index contributed by atoms with van der Waals surface area (Å²) in [5.74, 6) is 2.41. The van der Waals surface area contributed by atoms with Crippen LogP contribution < -0.4 is 10.6 Å². The van der Waals surface area contributed by atoms with Crippen LogP contribution in [0.3, 0.4) is 0 Å². The van der Waals surface area contributed by atoms with Crippen LogP contribution in [-0.4, -0.2) is 62.8 Å². The zero-order valence-electron chi connectivity index (χ0n) is 15.0. The predicted octanol–water partition coefficient (Wildman–Crippen LogP) is 2.19. The average molecular weight is 341 g/mol. The summed E-state index contributed by atoms with van der Waals surface area (Å²) < 4.78 is 5.45. The Labute approximate surface area is 149 Å². The number of guanidine groups is 1. The van der Waals surface area contributed by atoms with Crippen molar-refractivity contribution in [3.63, 3.8) is 0 Å². The minimum Gasteiger partial charge on any atom is -0.381 e. The third-order valence-electron chi connectivity index (χ3n) is 4.44. The van der Waals surface area contributed by atoms with E-state index in [2.05, 4.69) is 44.7 Å². The molecule has 6 heteroatoms. The molecular formula is C19H27N5O. The summed E-state index contributed by atoms with van der Waals surface area (Å²) in [6.45, 7) is 4.28. The van der Waals surface area contributed by atoms with Crippen molar-refractivity contribution in [1.29, 1.82) is 0 Å². The van der Waals surface area contributed by atoms with E-state index in [-0.39, 0.29) is 0 Å². The van der Waals surface area contributed by atoms with Crippen LogP contribution in [0.4, 0.5) is 5.82 Å². The lowest BCUT2D eigenvalue weighted by molar-refractivity contribution is 0.181. The Bertz CT molecular complexity index is 712. The number of benzene rings is 1. The molecule has 0 saturated carbocycles. The molecule has 0 bridgehead atoms. The van der Waals surface area contributed by atoms with Gasteiger partial charge in [-0.1, -0.05) is 18.2 Å². The largest absolute Gasteiger partial charge is 0.381 e. The van der Waals surface area contributed by atoms with E-state index in [1.807, 2.05) is 31.3 Å². The molecule has 0 amide bonds. The fourth-order valence-corrected chi connectivity index (χ4v) is 3.12. The number of fused-ring (bicyclic) bond motifs is 1. The fourth-order valence-electron chi connectivity index (χ4n) is 3.12. The first-order valence-corrected chi connectivity index (χ1v) is 8.85. The second-order valence-electron chi connectivity index (χ2n) is 6.40. The molecule has 134 valence electrons. The van der Waals surface area contributed by atoms with Crippen molar-refractivity contribution in [3.05, 3.63) is 36.4 Å². The number of aromatic nitrogens is 1. The first kappa shape index (κ1) is 17.5. The summed E-state index contributed by atoms with van der Waals surface area (Å²) in [5.41, 5.74) is 1.01. The summed E-state index contributed by atoms with van der Waals surface area (Å²) >= 11 is 0. The van der Waals surface area contributed by atoms with Crippen LogP contribution in [0.5, 0.6) is 0 Å². The summed E-state index contributed by atoms with van der Waals surface area (Å²) in [5, 5.41) is 7.91. The lowest BCUT2D eigenvalue weighted by atomic mass is 10.1. The molecule has 0 aliphatic carbocycles. The van der Waals surface area contributed by atoms with Gasteiger partial charge in [-0.2, -0.15) is 0 Å². The molecule has 1 atom stereocenters. The monoisotopic (exact) mass is 341 g/mol. The van der Waals surface area contributed by atoms with Gasteiger partial charge in [0.2, 0.25) is 0 Å². The van der Waals surface area contributed by atoms with E-state index in [1.54, 1.807) is 0 Å². The van der Waals surface area contributed by atoms with Gasteiger partial charge in [-0.25, -0.2) is 4.98 Å². The van der Waals surface area contributed by atoms with Gasteiger partial charge in [0.15, 0.2) is 5.96 Å². The average Bonchev–Trinajstić information content (AvgIpc) is 3.14. The number of hydrogen-bond acceptors (Lipinski definition) is 4. The zero-order chi connectivity index (χ0) is 17.5. The molecule has 1 aromatic heterocycles. The molecule has 2 aromatic rings. The lowest BCUT2D eigenvalue weighted by Crippen LogP contribution is -2.43. The van der Waals surface area contributed by atoms with Crippen molar-refractivity contribution in [2.75, 3.05) is 52.3 Å². The summed E-state index contributed by atoms with van der Waals surface area (Å²) in [4.78, 5) is 11.2. The molecule has 0 radical (unpaired) electrons. The Kier molecular flexibility index (Phi) is 6.06. The Morgan fingerprint density at radius 3 is 2.96 bits per heavy atom. The molecule has 6 nitrogen and oxygen atoms in total. The summed E-state index contributed by atoms with van der Waals surface area (Å²) in [6, 6.07) is 12.2. The van der Waals surface area contributed by atoms with Crippen LogP contribution >= 0.6 is 0 Å². The number of para-hydroxylation sites is 1. The van der Waals surface area contributed by atoms with E-state index in [0.29, 0.717) is 5.92 Å². The normalized spacial score (nSPS) is 17.7. The van der Waals surface area contributed by atoms with Gasteiger partial charge >= 0.3 is 0 Å². The smallest absolute Gasteiger partial charge is 0.193 e. The van der Waals surface area contributed by atoms with Crippen molar-refractivity contribution >= 4 is 22.7 Å². The molecule has 1 fully saturated rings. The highest BCUT2D eigenvalue weighted by Crippen LogP contribution is 2.14. The van der Waals surface area contributed by atoms with Crippen LogP contribution in [-0.2, 0) is 4.74 Å². The summed E-state index contributed by atoms with van der Waals surface area (Å²) in [6.07, 6.45) is 1.14. The Morgan fingerprint density at radius 1 is 1.28 bits per heavy atom. The van der Waals surface area contributed by atoms with Crippen molar-refractivity contribution in [2.45, 2.75) is 6.42 Å². The van der Waals surface area contributed by atoms with E-state index in [1.165, 1.54) is 0 Å². The predicted molar refractivity (Wildman–Crippen MR) is 103 cm³/mol. The van der Waals surface area contributed by atoms with Crippen molar-refractivity contribution in [1.82, 2.24) is 15.2 Å². The second kappa shape index (κ2) is 8.67. The topological polar surface area (TPSA) is 61.8 Å². The van der Waals surface area contributed by atoms with Gasteiger partial charge in [0, 0.05) is 51.6 Å². The molecule has 25 heavy (non-hydrogen) atoms. The first-order valence-electron chi connectivity index (χ1n) is 8.85. The van der Waals surface area contributed by atoms with Crippen LogP contribution in [0.15, 0.2) is 41.4 Å². The van der Waals surface area contributed by atoms with E-state index in [9.17, 15) is 0 Å². The van der Waals surface area contributed by atoms with E-state index >= 15 is 0 Å². The number of anilines is 1. The second-order valence-corrected chi connectivity index (χ2v) is 6.40. The minimum atomic E-state index is 0.600. The molecule has 1 unspecified atom stereocenters. The highest BCUT2D eigenvalue weighted by Gasteiger charge is 2.18. The fraction of sp³-hybridized carbons (Fsp3) is 0.474. The number of nitrogens with zero attached hydrogens (tertiary/aromatic N) is 3. The van der Waals surface area contributed by atoms with E-state index in [4.69, 9.17) is 4.74 Å². The Morgan fingerprint density at radius 2 is 2.16 bits per heavy atom. The standard InChI is InChI=1S/C19H27N5O/c1-20-19(24(2)13-15-9-12-25-14-15)22-11-10-21-18-8-7-16-5-3-4-6-17(16)23-18/h3-8,15H,9-14H2,1-2H3,(H,20,22)(H,21,23). The number of ether oxygens (including phenoxy) is 1. The molecule has 1 saturated heterocycles. The molecule has 2 heterocycles. The number of aliphatic imine (C=N–C) groups is 1. The molecule has 1 aliphatic rings.